The molecule has 3 N–H and O–H groups in total. The first-order valence-corrected chi connectivity index (χ1v) is 10.7. The Kier molecular flexibility index (Phi) is 8.23. The number of aliphatic imine (C=N–C) groups is 1. The van der Waals surface area contributed by atoms with Gasteiger partial charge in [0.2, 0.25) is 0 Å². The molecule has 166 valence electrons. The van der Waals surface area contributed by atoms with Gasteiger partial charge in [0, 0.05) is 70.7 Å². The van der Waals surface area contributed by atoms with Gasteiger partial charge in [-0.2, -0.15) is 0 Å². The fourth-order valence-electron chi connectivity index (χ4n) is 3.61. The Morgan fingerprint density at radius 3 is 2.68 bits per heavy atom. The monoisotopic (exact) mass is 423 g/mol. The predicted molar refractivity (Wildman–Crippen MR) is 126 cm³/mol. The quantitative estimate of drug-likeness (QED) is 0.457. The summed E-state index contributed by atoms with van der Waals surface area (Å²) < 4.78 is 0. The first-order chi connectivity index (χ1) is 15.1. The molecule has 0 bridgehead atoms. The molecule has 31 heavy (non-hydrogen) atoms. The van der Waals surface area contributed by atoms with Crippen molar-refractivity contribution in [1.82, 2.24) is 25.8 Å². The van der Waals surface area contributed by atoms with E-state index in [9.17, 15) is 4.79 Å². The van der Waals surface area contributed by atoms with Crippen LogP contribution in [0.1, 0.15) is 21.5 Å². The lowest BCUT2D eigenvalue weighted by Crippen LogP contribution is -2.45. The number of nitrogens with one attached hydrogen (secondary N) is 3. The number of likely N-dealkylation sites (N-methyl/N-ethyl adjacent to an activating group) is 1. The van der Waals surface area contributed by atoms with Gasteiger partial charge >= 0.3 is 0 Å². The van der Waals surface area contributed by atoms with Crippen LogP contribution in [0.3, 0.4) is 0 Å². The summed E-state index contributed by atoms with van der Waals surface area (Å²) in [5.74, 6) is 1.72. The van der Waals surface area contributed by atoms with Crippen molar-refractivity contribution < 1.29 is 4.79 Å². The number of benzene rings is 1. The van der Waals surface area contributed by atoms with Crippen LogP contribution in [0, 0.1) is 0 Å². The van der Waals surface area contributed by atoms with Gasteiger partial charge in [-0.25, -0.2) is 4.98 Å². The Morgan fingerprint density at radius 2 is 1.94 bits per heavy atom. The van der Waals surface area contributed by atoms with Crippen LogP contribution in [0.2, 0.25) is 0 Å². The van der Waals surface area contributed by atoms with E-state index >= 15 is 0 Å². The number of carbonyl (C=O) groups is 1. The average molecular weight is 424 g/mol. The van der Waals surface area contributed by atoms with Gasteiger partial charge in [0.05, 0.1) is 0 Å². The maximum Gasteiger partial charge on any atom is 0.251 e. The maximum atomic E-state index is 11.8. The second-order valence-corrected chi connectivity index (χ2v) is 7.66. The molecule has 1 aromatic carbocycles. The van der Waals surface area contributed by atoms with Crippen molar-refractivity contribution in [3.63, 3.8) is 0 Å². The second-order valence-electron chi connectivity index (χ2n) is 7.66. The average Bonchev–Trinajstić information content (AvgIpc) is 2.81. The highest BCUT2D eigenvalue weighted by Crippen LogP contribution is 2.18. The number of anilines is 1. The molecule has 1 aliphatic rings. The van der Waals surface area contributed by atoms with E-state index in [2.05, 4.69) is 48.8 Å². The summed E-state index contributed by atoms with van der Waals surface area (Å²) in [7, 11) is 5.57. The normalized spacial score (nSPS) is 14.9. The molecule has 1 fully saturated rings. The zero-order valence-electron chi connectivity index (χ0n) is 18.7. The smallest absolute Gasteiger partial charge is 0.251 e. The number of carbonyl (C=O) groups excluding carboxylic acids is 1. The summed E-state index contributed by atoms with van der Waals surface area (Å²) >= 11 is 0. The van der Waals surface area contributed by atoms with Crippen LogP contribution in [0.5, 0.6) is 0 Å². The summed E-state index contributed by atoms with van der Waals surface area (Å²) in [6.45, 7) is 5.45. The summed E-state index contributed by atoms with van der Waals surface area (Å²) in [6, 6.07) is 11.8. The highest BCUT2D eigenvalue weighted by atomic mass is 16.1. The molecule has 1 aliphatic heterocycles. The zero-order chi connectivity index (χ0) is 22.1. The van der Waals surface area contributed by atoms with E-state index in [1.165, 1.54) is 0 Å². The molecule has 8 nitrogen and oxygen atoms in total. The molecule has 1 amide bonds. The van der Waals surface area contributed by atoms with Crippen LogP contribution >= 0.6 is 0 Å². The molecule has 0 atom stereocenters. The molecule has 8 heteroatoms. The number of nitrogens with zero attached hydrogens (tertiary/aromatic N) is 4. The minimum atomic E-state index is -0.0695. The lowest BCUT2D eigenvalue weighted by molar-refractivity contribution is 0.0963. The van der Waals surface area contributed by atoms with E-state index in [1.807, 2.05) is 36.5 Å². The third kappa shape index (κ3) is 6.42. The summed E-state index contributed by atoms with van der Waals surface area (Å²) in [5, 5.41) is 9.41. The molecule has 2 heterocycles. The topological polar surface area (TPSA) is 84.9 Å². The SMILES string of the molecule is CN=C(NCCc1cccc(C(=O)NC)c1)NCc1cccnc1N1CCN(C)CC1. The standard InChI is InChI=1S/C23H33N7O/c1-24-22(31)19-7-4-6-18(16-19)9-11-27-23(25-2)28-17-20-8-5-10-26-21(20)30-14-12-29(3)13-15-30/h4-8,10,16H,9,11-15,17H2,1-3H3,(H,24,31)(H2,25,27,28). The molecular weight excluding hydrogens is 390 g/mol. The van der Waals surface area contributed by atoms with Crippen molar-refractivity contribution in [3.8, 4) is 0 Å². The van der Waals surface area contributed by atoms with E-state index in [-0.39, 0.29) is 5.91 Å². The second kappa shape index (κ2) is 11.3. The first-order valence-electron chi connectivity index (χ1n) is 10.7. The molecule has 0 spiro atoms. The molecule has 1 aromatic heterocycles. The molecule has 0 saturated carbocycles. The molecule has 0 aliphatic carbocycles. The molecule has 3 rings (SSSR count). The first kappa shape index (κ1) is 22.6. The van der Waals surface area contributed by atoms with Gasteiger partial charge in [-0.15, -0.1) is 0 Å². The number of amides is 1. The van der Waals surface area contributed by atoms with Crippen molar-refractivity contribution in [2.45, 2.75) is 13.0 Å². The Hall–Kier alpha value is -3.13. The highest BCUT2D eigenvalue weighted by Gasteiger charge is 2.18. The van der Waals surface area contributed by atoms with Crippen molar-refractivity contribution in [3.05, 3.63) is 59.3 Å². The summed E-state index contributed by atoms with van der Waals surface area (Å²) in [4.78, 5) is 25.5. The van der Waals surface area contributed by atoms with Crippen LogP contribution < -0.4 is 20.9 Å². The van der Waals surface area contributed by atoms with Gasteiger partial charge in [0.15, 0.2) is 5.96 Å². The van der Waals surface area contributed by atoms with Crippen molar-refractivity contribution in [1.29, 1.82) is 0 Å². The molecule has 2 aromatic rings. The van der Waals surface area contributed by atoms with Gasteiger partial charge in [0.25, 0.3) is 5.91 Å². The van der Waals surface area contributed by atoms with E-state index in [1.54, 1.807) is 14.1 Å². The van der Waals surface area contributed by atoms with E-state index in [0.717, 1.165) is 62.0 Å². The van der Waals surface area contributed by atoms with Crippen LogP contribution in [-0.2, 0) is 13.0 Å². The minimum Gasteiger partial charge on any atom is -0.356 e. The maximum absolute atomic E-state index is 11.8. The zero-order valence-corrected chi connectivity index (χ0v) is 18.7. The third-order valence-electron chi connectivity index (χ3n) is 5.46. The van der Waals surface area contributed by atoms with Crippen molar-refractivity contribution in [2.75, 3.05) is 58.8 Å². The number of hydrogen-bond donors (Lipinski definition) is 3. The number of hydrogen-bond acceptors (Lipinski definition) is 5. The van der Waals surface area contributed by atoms with Crippen molar-refractivity contribution >= 4 is 17.7 Å². The van der Waals surface area contributed by atoms with Gasteiger partial charge in [0.1, 0.15) is 5.82 Å². The van der Waals surface area contributed by atoms with Gasteiger partial charge in [-0.3, -0.25) is 9.79 Å². The van der Waals surface area contributed by atoms with Crippen LogP contribution in [-0.4, -0.2) is 75.6 Å². The number of guanidine groups is 1. The van der Waals surface area contributed by atoms with Crippen LogP contribution in [0.4, 0.5) is 5.82 Å². The molecule has 1 saturated heterocycles. The van der Waals surface area contributed by atoms with E-state index in [4.69, 9.17) is 0 Å². The van der Waals surface area contributed by atoms with Gasteiger partial charge in [-0.05, 0) is 37.2 Å². The lowest BCUT2D eigenvalue weighted by atomic mass is 10.1. The molecule has 0 radical (unpaired) electrons. The largest absolute Gasteiger partial charge is 0.356 e. The Labute approximate surface area is 184 Å². The fraction of sp³-hybridized carbons (Fsp3) is 0.435. The predicted octanol–water partition coefficient (Wildman–Crippen LogP) is 1.10. The fourth-order valence-corrected chi connectivity index (χ4v) is 3.61. The number of pyridine rings is 1. The van der Waals surface area contributed by atoms with E-state index < -0.39 is 0 Å². The van der Waals surface area contributed by atoms with Crippen molar-refractivity contribution in [2.24, 2.45) is 4.99 Å². The minimum absolute atomic E-state index is 0.0695. The van der Waals surface area contributed by atoms with Gasteiger partial charge in [-0.1, -0.05) is 18.2 Å². The van der Waals surface area contributed by atoms with Crippen LogP contribution in [0.15, 0.2) is 47.6 Å². The molecular formula is C23H33N7O. The van der Waals surface area contributed by atoms with Crippen LogP contribution in [0.25, 0.3) is 0 Å². The molecule has 0 unspecified atom stereocenters. The number of aromatic nitrogens is 1. The Bertz CT molecular complexity index is 891. The number of piperazine rings is 1. The summed E-state index contributed by atoms with van der Waals surface area (Å²) in [5.41, 5.74) is 2.94. The van der Waals surface area contributed by atoms with Gasteiger partial charge < -0.3 is 25.8 Å². The third-order valence-corrected chi connectivity index (χ3v) is 5.46. The Morgan fingerprint density at radius 1 is 1.13 bits per heavy atom. The van der Waals surface area contributed by atoms with E-state index in [0.29, 0.717) is 12.1 Å². The summed E-state index contributed by atoms with van der Waals surface area (Å²) in [6.07, 6.45) is 2.65. The Balaban J connectivity index is 1.52. The lowest BCUT2D eigenvalue weighted by Gasteiger charge is -2.34. The number of rotatable bonds is 7. The highest BCUT2D eigenvalue weighted by molar-refractivity contribution is 5.94.